The molecule has 6 nitrogen and oxygen atoms in total. The molecule has 0 saturated heterocycles. The largest absolute Gasteiger partial charge is 0.393 e. The normalized spacial score (nSPS) is 19.4. The van der Waals surface area contributed by atoms with Crippen LogP contribution in [0.1, 0.15) is 33.1 Å². The highest BCUT2D eigenvalue weighted by atomic mass is 16.3. The molecular weight excluding hydrogens is 210 g/mol. The van der Waals surface area contributed by atoms with Crippen molar-refractivity contribution in [3.63, 3.8) is 0 Å². The molecule has 1 aliphatic rings. The topological polar surface area (TPSA) is 90.8 Å². The second-order valence-corrected chi connectivity index (χ2v) is 4.05. The van der Waals surface area contributed by atoms with E-state index in [2.05, 4.69) is 15.8 Å². The van der Waals surface area contributed by atoms with E-state index in [1.54, 1.807) is 6.92 Å². The molecule has 0 fully saturated rings. The van der Waals surface area contributed by atoms with Gasteiger partial charge < -0.3 is 10.4 Å². The van der Waals surface area contributed by atoms with Crippen molar-refractivity contribution in [1.82, 2.24) is 10.7 Å². The number of hydrazone groups is 1. The quantitative estimate of drug-likeness (QED) is 0.606. The zero-order valence-electron chi connectivity index (χ0n) is 9.49. The maximum Gasteiger partial charge on any atom is 0.267 e. The van der Waals surface area contributed by atoms with E-state index in [9.17, 15) is 9.59 Å². The Morgan fingerprint density at radius 1 is 1.56 bits per heavy atom. The van der Waals surface area contributed by atoms with Crippen LogP contribution in [0.3, 0.4) is 0 Å². The van der Waals surface area contributed by atoms with Crippen LogP contribution in [0, 0.1) is 0 Å². The summed E-state index contributed by atoms with van der Waals surface area (Å²) in [6.07, 6.45) is 0.685. The van der Waals surface area contributed by atoms with E-state index in [0.29, 0.717) is 18.6 Å². The van der Waals surface area contributed by atoms with Crippen molar-refractivity contribution < 1.29 is 14.7 Å². The van der Waals surface area contributed by atoms with Crippen LogP contribution < -0.4 is 10.7 Å². The molecule has 0 aromatic carbocycles. The number of aliphatic hydroxyl groups excluding tert-OH is 1. The van der Waals surface area contributed by atoms with Gasteiger partial charge in [0, 0.05) is 18.9 Å². The standard InChI is InChI=1S/C10H17N3O3/c1-6(5-7(2)14)11-10(16)8-3-4-9(15)13-12-8/h6-7,14H,3-5H2,1-2H3,(H,11,16)(H,13,15). The van der Waals surface area contributed by atoms with Gasteiger partial charge in [-0.2, -0.15) is 5.10 Å². The van der Waals surface area contributed by atoms with Crippen LogP contribution >= 0.6 is 0 Å². The van der Waals surface area contributed by atoms with E-state index in [0.717, 1.165) is 0 Å². The van der Waals surface area contributed by atoms with Gasteiger partial charge in [-0.15, -0.1) is 0 Å². The summed E-state index contributed by atoms with van der Waals surface area (Å²) in [4.78, 5) is 22.4. The molecule has 1 aliphatic heterocycles. The van der Waals surface area contributed by atoms with Crippen LogP contribution in [0.2, 0.25) is 0 Å². The summed E-state index contributed by atoms with van der Waals surface area (Å²) in [5.74, 6) is -0.457. The molecule has 0 aliphatic carbocycles. The van der Waals surface area contributed by atoms with Crippen LogP contribution in [-0.4, -0.2) is 34.8 Å². The highest BCUT2D eigenvalue weighted by molar-refractivity contribution is 6.39. The van der Waals surface area contributed by atoms with E-state index in [4.69, 9.17) is 5.11 Å². The summed E-state index contributed by atoms with van der Waals surface area (Å²) in [5, 5.41) is 15.5. The second-order valence-electron chi connectivity index (χ2n) is 4.05. The minimum atomic E-state index is -0.455. The summed E-state index contributed by atoms with van der Waals surface area (Å²) in [5.41, 5.74) is 2.60. The molecule has 0 spiro atoms. The van der Waals surface area contributed by atoms with Crippen molar-refractivity contribution in [2.45, 2.75) is 45.3 Å². The first-order valence-electron chi connectivity index (χ1n) is 5.33. The van der Waals surface area contributed by atoms with E-state index < -0.39 is 6.10 Å². The monoisotopic (exact) mass is 227 g/mol. The fourth-order valence-electron chi connectivity index (χ4n) is 1.52. The Hall–Kier alpha value is -1.43. The molecule has 0 aromatic heterocycles. The number of amides is 2. The first kappa shape index (κ1) is 12.6. The molecule has 2 unspecified atom stereocenters. The maximum absolute atomic E-state index is 11.6. The van der Waals surface area contributed by atoms with Crippen LogP contribution in [0.5, 0.6) is 0 Å². The SMILES string of the molecule is CC(O)CC(C)NC(=O)C1=NNC(=O)CC1. The molecule has 16 heavy (non-hydrogen) atoms. The number of hydrogen-bond donors (Lipinski definition) is 3. The van der Waals surface area contributed by atoms with Crippen molar-refractivity contribution in [2.24, 2.45) is 5.10 Å². The number of rotatable bonds is 4. The van der Waals surface area contributed by atoms with Crippen LogP contribution in [0.15, 0.2) is 5.10 Å². The molecule has 0 bridgehead atoms. The summed E-state index contributed by atoms with van der Waals surface area (Å²) in [6.45, 7) is 3.48. The average Bonchev–Trinajstić information content (AvgIpc) is 2.16. The van der Waals surface area contributed by atoms with Gasteiger partial charge in [0.1, 0.15) is 5.71 Å². The number of nitrogens with one attached hydrogen (secondary N) is 2. The predicted octanol–water partition coefficient (Wildman–Crippen LogP) is -0.472. The van der Waals surface area contributed by atoms with Gasteiger partial charge in [-0.1, -0.05) is 0 Å². The Kier molecular flexibility index (Phi) is 4.42. The molecule has 1 rings (SSSR count). The Labute approximate surface area is 94.1 Å². The lowest BCUT2D eigenvalue weighted by atomic mass is 10.1. The van der Waals surface area contributed by atoms with E-state index in [-0.39, 0.29) is 24.3 Å². The number of hydrogen-bond acceptors (Lipinski definition) is 4. The summed E-state index contributed by atoms with van der Waals surface area (Å²) >= 11 is 0. The molecule has 1 heterocycles. The number of carbonyl (C=O) groups excluding carboxylic acids is 2. The van der Waals surface area contributed by atoms with Gasteiger partial charge in [-0.3, -0.25) is 9.59 Å². The number of carbonyl (C=O) groups is 2. The fourth-order valence-corrected chi connectivity index (χ4v) is 1.52. The van der Waals surface area contributed by atoms with E-state index in [1.807, 2.05) is 6.92 Å². The minimum Gasteiger partial charge on any atom is -0.393 e. The van der Waals surface area contributed by atoms with Crippen molar-refractivity contribution in [3.05, 3.63) is 0 Å². The number of aliphatic hydroxyl groups is 1. The van der Waals surface area contributed by atoms with Crippen LogP contribution in [-0.2, 0) is 9.59 Å². The lowest BCUT2D eigenvalue weighted by molar-refractivity contribution is -0.121. The Morgan fingerprint density at radius 3 is 2.75 bits per heavy atom. The molecule has 0 aromatic rings. The highest BCUT2D eigenvalue weighted by Crippen LogP contribution is 2.01. The molecule has 6 heteroatoms. The van der Waals surface area contributed by atoms with Crippen molar-refractivity contribution >= 4 is 17.5 Å². The van der Waals surface area contributed by atoms with Gasteiger partial charge in [0.25, 0.3) is 5.91 Å². The third-order valence-corrected chi connectivity index (χ3v) is 2.24. The lowest BCUT2D eigenvalue weighted by Crippen LogP contribution is -2.41. The van der Waals surface area contributed by atoms with Crippen LogP contribution in [0.25, 0.3) is 0 Å². The Morgan fingerprint density at radius 2 is 2.25 bits per heavy atom. The fraction of sp³-hybridized carbons (Fsp3) is 0.700. The summed E-state index contributed by atoms with van der Waals surface area (Å²) in [7, 11) is 0. The predicted molar refractivity (Wildman–Crippen MR) is 58.7 cm³/mol. The molecule has 3 N–H and O–H groups in total. The van der Waals surface area contributed by atoms with Crippen molar-refractivity contribution in [1.29, 1.82) is 0 Å². The van der Waals surface area contributed by atoms with Gasteiger partial charge >= 0.3 is 0 Å². The van der Waals surface area contributed by atoms with Gasteiger partial charge in [0.2, 0.25) is 5.91 Å². The van der Waals surface area contributed by atoms with Crippen molar-refractivity contribution in [2.75, 3.05) is 0 Å². The summed E-state index contributed by atoms with van der Waals surface area (Å²) in [6, 6.07) is -0.118. The van der Waals surface area contributed by atoms with Crippen molar-refractivity contribution in [3.8, 4) is 0 Å². The zero-order chi connectivity index (χ0) is 12.1. The first-order valence-corrected chi connectivity index (χ1v) is 5.33. The molecule has 2 atom stereocenters. The molecule has 0 radical (unpaired) electrons. The summed E-state index contributed by atoms with van der Waals surface area (Å²) < 4.78 is 0. The van der Waals surface area contributed by atoms with Gasteiger partial charge in [0.05, 0.1) is 6.10 Å². The first-order chi connectivity index (χ1) is 7.49. The third kappa shape index (κ3) is 3.98. The Bertz CT molecular complexity index is 312. The second kappa shape index (κ2) is 5.60. The minimum absolute atomic E-state index is 0.118. The van der Waals surface area contributed by atoms with E-state index >= 15 is 0 Å². The smallest absolute Gasteiger partial charge is 0.267 e. The maximum atomic E-state index is 11.6. The van der Waals surface area contributed by atoms with Gasteiger partial charge in [0.15, 0.2) is 0 Å². The van der Waals surface area contributed by atoms with E-state index in [1.165, 1.54) is 0 Å². The molecule has 2 amide bonds. The molecular formula is C10H17N3O3. The average molecular weight is 227 g/mol. The highest BCUT2D eigenvalue weighted by Gasteiger charge is 2.19. The third-order valence-electron chi connectivity index (χ3n) is 2.24. The molecule has 90 valence electrons. The zero-order valence-corrected chi connectivity index (χ0v) is 9.49. The number of nitrogens with zero attached hydrogens (tertiary/aromatic N) is 1. The van der Waals surface area contributed by atoms with Crippen LogP contribution in [0.4, 0.5) is 0 Å². The molecule has 0 saturated carbocycles. The Balaban J connectivity index is 2.43. The lowest BCUT2D eigenvalue weighted by Gasteiger charge is -2.17. The van der Waals surface area contributed by atoms with Gasteiger partial charge in [-0.25, -0.2) is 5.43 Å². The van der Waals surface area contributed by atoms with Gasteiger partial charge in [-0.05, 0) is 20.3 Å².